The molecule has 0 radical (unpaired) electrons. The zero-order chi connectivity index (χ0) is 32.2. The molecule has 46 heavy (non-hydrogen) atoms. The summed E-state index contributed by atoms with van der Waals surface area (Å²) in [6, 6.07) is 0. The molecule has 10 atom stereocenters. The van der Waals surface area contributed by atoms with Crippen molar-refractivity contribution in [3.8, 4) is 0 Å². The summed E-state index contributed by atoms with van der Waals surface area (Å²) in [5.41, 5.74) is 10.2. The largest absolute Gasteiger partial charge is 0.387 e. The summed E-state index contributed by atoms with van der Waals surface area (Å²) in [5, 5.41) is 11.2. The van der Waals surface area contributed by atoms with Gasteiger partial charge in [-0.3, -0.25) is 32.5 Å². The number of aromatic amines is 1. The van der Waals surface area contributed by atoms with Gasteiger partial charge in [0.25, 0.3) is 20.6 Å². The lowest BCUT2D eigenvalue weighted by Crippen LogP contribution is -2.45. The Hall–Kier alpha value is -2.95. The zero-order valence-corrected chi connectivity index (χ0v) is 26.2. The number of rotatable bonds is 2. The Morgan fingerprint density at radius 3 is 2.59 bits per heavy atom. The Morgan fingerprint density at radius 2 is 1.78 bits per heavy atom. The van der Waals surface area contributed by atoms with Crippen molar-refractivity contribution in [1.82, 2.24) is 39.0 Å². The minimum Gasteiger partial charge on any atom is -0.387 e. The Morgan fingerprint density at radius 1 is 1.02 bits per heavy atom. The molecule has 8 heterocycles. The van der Waals surface area contributed by atoms with Gasteiger partial charge in [0, 0.05) is 0 Å². The van der Waals surface area contributed by atoms with E-state index in [-0.39, 0.29) is 29.5 Å². The Labute approximate surface area is 262 Å². The second kappa shape index (κ2) is 10.5. The number of hydrogen-bond acceptors (Lipinski definition) is 18. The molecule has 0 saturated carbocycles. The maximum atomic E-state index is 13.8. The molecule has 4 bridgehead atoms. The van der Waals surface area contributed by atoms with Crippen molar-refractivity contribution in [2.24, 2.45) is 0 Å². The van der Waals surface area contributed by atoms with E-state index in [4.69, 9.17) is 43.8 Å². The Balaban J connectivity index is 1.14. The van der Waals surface area contributed by atoms with Crippen LogP contribution in [0.4, 0.5) is 11.8 Å². The van der Waals surface area contributed by atoms with Gasteiger partial charge in [-0.2, -0.15) is 4.98 Å². The van der Waals surface area contributed by atoms with Gasteiger partial charge < -0.3 is 39.8 Å². The van der Waals surface area contributed by atoms with Gasteiger partial charge in [0.2, 0.25) is 5.95 Å². The van der Waals surface area contributed by atoms with Crippen molar-refractivity contribution in [2.75, 3.05) is 31.3 Å². The SMILES string of the molecule is B[P@@]1(=O)OCC2OC(n3cnc4c(=O)[nH]c(N)nc43)C(O[P@](=O)(S)OCC34COC(C(n5cnc6c(N)ncnc65)O3)C4O1)C2O. The number of fused-ring (bicyclic) bond motifs is 4. The lowest BCUT2D eigenvalue weighted by atomic mass is 10.0. The maximum absolute atomic E-state index is 13.8. The van der Waals surface area contributed by atoms with E-state index >= 15 is 0 Å². The lowest BCUT2D eigenvalue weighted by molar-refractivity contribution is -0.182. The van der Waals surface area contributed by atoms with E-state index in [0.717, 1.165) is 0 Å². The molecule has 8 rings (SSSR count). The minimum absolute atomic E-state index is 0.00512. The number of aliphatic hydroxyl groups is 1. The second-order valence-corrected chi connectivity index (χ2v) is 16.1. The van der Waals surface area contributed by atoms with E-state index in [1.165, 1.54) is 31.1 Å². The summed E-state index contributed by atoms with van der Waals surface area (Å²) in [6.07, 6.45) is -4.37. The molecule has 4 fully saturated rings. The molecular weight excluding hydrogens is 673 g/mol. The highest BCUT2D eigenvalue weighted by Crippen LogP contribution is 2.61. The van der Waals surface area contributed by atoms with E-state index in [2.05, 4.69) is 42.2 Å². The molecule has 4 aromatic rings. The predicted octanol–water partition coefficient (Wildman–Crippen LogP) is -1.36. The van der Waals surface area contributed by atoms with Crippen LogP contribution < -0.4 is 17.0 Å². The van der Waals surface area contributed by atoms with Crippen LogP contribution >= 0.6 is 26.5 Å². The molecule has 25 heteroatoms. The summed E-state index contributed by atoms with van der Waals surface area (Å²) < 4.78 is 72.1. The van der Waals surface area contributed by atoms with Gasteiger partial charge in [-0.15, -0.1) is 0 Å². The van der Waals surface area contributed by atoms with Gasteiger partial charge in [-0.1, -0.05) is 12.2 Å². The number of thiol groups is 1. The molecule has 4 aliphatic rings. The highest BCUT2D eigenvalue weighted by molar-refractivity contribution is 8.44. The average Bonchev–Trinajstić information content (AvgIpc) is 3.80. The first-order valence-electron chi connectivity index (χ1n) is 13.7. The predicted molar refractivity (Wildman–Crippen MR) is 159 cm³/mol. The Bertz CT molecular complexity index is 2030. The molecule has 4 aliphatic heterocycles. The van der Waals surface area contributed by atoms with Crippen molar-refractivity contribution in [3.63, 3.8) is 0 Å². The molecule has 0 aliphatic carbocycles. The van der Waals surface area contributed by atoms with E-state index in [1.54, 1.807) is 4.57 Å². The number of H-pyrrole nitrogens is 1. The number of ether oxygens (including phenoxy) is 3. The van der Waals surface area contributed by atoms with Crippen LogP contribution in [-0.2, 0) is 41.4 Å². The lowest BCUT2D eigenvalue weighted by Gasteiger charge is -2.33. The molecule has 21 nitrogen and oxygen atoms in total. The van der Waals surface area contributed by atoms with Gasteiger partial charge in [-0.05, 0) is 0 Å². The third kappa shape index (κ3) is 4.81. The fraction of sp³-hybridized carbons (Fsp3) is 0.524. The standard InChI is InChI=1S/C21H25BN10O11P2S/c22-44(35)38-1-7-10(33)11(18(40-7)32-6-28-9-16(32)29-20(24)30-17(9)34)42-45(36,46)39-3-21-2-37-12(13(21)43-44)19(41-21)31-5-27-8-14(23)25-4-26-15(8)31/h4-7,10-13,18-19,33H,1-3,22H2,(H,36,46)(H2,23,25,26)(H3,24,29,30,34)/t7?,10?,11?,12?,13?,18?,19?,21?,44-,45-/m1/s1. The minimum atomic E-state index is -4.35. The number of nitrogen functional groups attached to an aromatic ring is 2. The van der Waals surface area contributed by atoms with Crippen molar-refractivity contribution >= 4 is 68.2 Å². The van der Waals surface area contributed by atoms with Crippen LogP contribution in [0.3, 0.4) is 0 Å². The van der Waals surface area contributed by atoms with Gasteiger partial charge in [0.05, 0.1) is 32.5 Å². The highest BCUT2D eigenvalue weighted by Gasteiger charge is 2.65. The van der Waals surface area contributed by atoms with Crippen LogP contribution in [0.5, 0.6) is 0 Å². The molecule has 0 amide bonds. The maximum Gasteiger partial charge on any atom is 0.386 e. The second-order valence-electron chi connectivity index (χ2n) is 11.2. The summed E-state index contributed by atoms with van der Waals surface area (Å²) in [5.74, 6) is -0.0511. The average molecular weight is 698 g/mol. The first kappa shape index (κ1) is 30.4. The van der Waals surface area contributed by atoms with E-state index in [0.29, 0.717) is 11.2 Å². The van der Waals surface area contributed by atoms with Crippen molar-refractivity contribution in [1.29, 1.82) is 0 Å². The quantitative estimate of drug-likeness (QED) is 0.0919. The highest BCUT2D eigenvalue weighted by atomic mass is 32.7. The fourth-order valence-corrected chi connectivity index (χ4v) is 8.76. The first-order chi connectivity index (χ1) is 21.8. The molecule has 6 N–H and O–H groups in total. The third-order valence-corrected chi connectivity index (χ3v) is 11.0. The van der Waals surface area contributed by atoms with Crippen molar-refractivity contribution in [3.05, 3.63) is 29.3 Å². The number of imidazole rings is 2. The monoisotopic (exact) mass is 698 g/mol. The van der Waals surface area contributed by atoms with E-state index < -0.39 is 81.6 Å². The molecule has 8 unspecified atom stereocenters. The van der Waals surface area contributed by atoms with Crippen LogP contribution in [0.15, 0.2) is 23.8 Å². The third-order valence-electron chi connectivity index (χ3n) is 8.18. The number of anilines is 2. The van der Waals surface area contributed by atoms with Gasteiger partial charge in [-0.25, -0.2) is 24.5 Å². The van der Waals surface area contributed by atoms with Crippen LogP contribution in [0.25, 0.3) is 22.3 Å². The van der Waals surface area contributed by atoms with Crippen LogP contribution in [-0.4, -0.2) is 108 Å². The van der Waals surface area contributed by atoms with Gasteiger partial charge in [0.15, 0.2) is 35.1 Å². The number of nitrogens with zero attached hydrogens (tertiary/aromatic N) is 7. The number of nitrogens with one attached hydrogen (secondary N) is 1. The fourth-order valence-electron chi connectivity index (χ4n) is 6.08. The molecule has 0 spiro atoms. The van der Waals surface area contributed by atoms with Crippen molar-refractivity contribution in [2.45, 2.75) is 48.6 Å². The summed E-state index contributed by atoms with van der Waals surface area (Å²) >= 11 is 4.18. The molecule has 0 aromatic carbocycles. The zero-order valence-electron chi connectivity index (χ0n) is 23.6. The topological polar surface area (TPSA) is 278 Å². The summed E-state index contributed by atoms with van der Waals surface area (Å²) in [6.45, 7) is -5.39. The number of nitrogens with two attached hydrogens (primary N) is 2. The van der Waals surface area contributed by atoms with E-state index in [1.807, 2.05) is 0 Å². The van der Waals surface area contributed by atoms with Gasteiger partial charge in [0.1, 0.15) is 48.0 Å². The van der Waals surface area contributed by atoms with E-state index in [9.17, 15) is 19.0 Å². The summed E-state index contributed by atoms with van der Waals surface area (Å²) in [4.78, 5) is 35.4. The smallest absolute Gasteiger partial charge is 0.386 e. The number of aliphatic hydroxyl groups excluding tert-OH is 1. The molecule has 4 saturated heterocycles. The first-order valence-corrected chi connectivity index (χ1v) is 18.4. The summed E-state index contributed by atoms with van der Waals surface area (Å²) in [7, 11) is -2.70. The molecule has 244 valence electrons. The Kier molecular flexibility index (Phi) is 6.96. The van der Waals surface area contributed by atoms with Crippen molar-refractivity contribution < 1.29 is 46.5 Å². The van der Waals surface area contributed by atoms with Crippen LogP contribution in [0, 0.1) is 0 Å². The number of hydrogen-bond donors (Lipinski definition) is 5. The molecular formula is C21H25BN10O11P2S. The van der Waals surface area contributed by atoms with Crippen LogP contribution in [0.1, 0.15) is 12.5 Å². The normalized spacial score (nSPS) is 39.7. The number of aromatic nitrogens is 8. The molecule has 4 aromatic heterocycles. The van der Waals surface area contributed by atoms with Crippen LogP contribution in [0.2, 0.25) is 0 Å². The van der Waals surface area contributed by atoms with Gasteiger partial charge >= 0.3 is 6.80 Å².